The quantitative estimate of drug-likeness (QED) is 0.712. The molecule has 3 aromatic rings. The average molecular weight is 315 g/mol. The molecule has 5 heteroatoms. The van der Waals surface area contributed by atoms with Crippen LogP contribution in [0.25, 0.3) is 16.5 Å². The summed E-state index contributed by atoms with van der Waals surface area (Å²) in [4.78, 5) is 0. The normalized spacial score (nSPS) is 20.6. The van der Waals surface area contributed by atoms with Gasteiger partial charge in [-0.1, -0.05) is 48.5 Å². The first-order valence-electron chi connectivity index (χ1n) is 7.10. The molecule has 2 heterocycles. The number of aromatic nitrogens is 1. The van der Waals surface area contributed by atoms with E-state index in [4.69, 9.17) is 0 Å². The Morgan fingerprint density at radius 3 is 2.26 bits per heavy atom. The Balaban J connectivity index is 2.07. The number of benzene rings is 2. The van der Waals surface area contributed by atoms with Crippen LogP contribution in [0, 0.1) is 0 Å². The lowest BCUT2D eigenvalue weighted by Gasteiger charge is -2.27. The first-order chi connectivity index (χ1) is 10.9. The Kier molecular flexibility index (Phi) is 2.75. The largest absolute Gasteiger partial charge is 0.441 e. The second-order valence-corrected chi connectivity index (χ2v) is 5.57. The SMILES string of the molecule is OC1(C(F)(F)F)C=C(c2ccccc2)c2cc3ccccc3n21. The second-order valence-electron chi connectivity index (χ2n) is 5.57. The third kappa shape index (κ3) is 1.86. The molecule has 0 amide bonds. The molecule has 1 aromatic heterocycles. The van der Waals surface area contributed by atoms with E-state index in [1.165, 1.54) is 0 Å². The van der Waals surface area contributed by atoms with Crippen molar-refractivity contribution in [1.29, 1.82) is 0 Å². The van der Waals surface area contributed by atoms with Gasteiger partial charge in [0.25, 0.3) is 5.72 Å². The fourth-order valence-electron chi connectivity index (χ4n) is 3.12. The minimum atomic E-state index is -4.82. The lowest BCUT2D eigenvalue weighted by molar-refractivity contribution is -0.272. The number of alkyl halides is 3. The van der Waals surface area contributed by atoms with E-state index >= 15 is 0 Å². The van der Waals surface area contributed by atoms with Gasteiger partial charge in [0.15, 0.2) is 0 Å². The maximum atomic E-state index is 13.6. The maximum Gasteiger partial charge on any atom is 0.441 e. The molecule has 23 heavy (non-hydrogen) atoms. The van der Waals surface area contributed by atoms with Crippen LogP contribution in [0.1, 0.15) is 11.3 Å². The minimum Gasteiger partial charge on any atom is -0.360 e. The Labute approximate surface area is 130 Å². The van der Waals surface area contributed by atoms with E-state index in [-0.39, 0.29) is 0 Å². The number of halogens is 3. The molecule has 4 rings (SSSR count). The summed E-state index contributed by atoms with van der Waals surface area (Å²) in [5.74, 6) is 0. The first-order valence-corrected chi connectivity index (χ1v) is 7.10. The molecule has 0 aliphatic carbocycles. The van der Waals surface area contributed by atoms with Crippen LogP contribution in [0.4, 0.5) is 13.2 Å². The molecule has 1 aliphatic rings. The number of fused-ring (bicyclic) bond motifs is 3. The molecule has 1 N–H and O–H groups in total. The van der Waals surface area contributed by atoms with E-state index in [0.29, 0.717) is 27.7 Å². The summed E-state index contributed by atoms with van der Waals surface area (Å²) in [5.41, 5.74) is -1.32. The predicted octanol–water partition coefficient (Wildman–Crippen LogP) is 4.29. The fourth-order valence-corrected chi connectivity index (χ4v) is 3.12. The third-order valence-electron chi connectivity index (χ3n) is 4.18. The van der Waals surface area contributed by atoms with Crippen molar-refractivity contribution in [2.75, 3.05) is 0 Å². The molecule has 2 nitrogen and oxygen atoms in total. The van der Waals surface area contributed by atoms with Crippen LogP contribution in [-0.2, 0) is 5.72 Å². The summed E-state index contributed by atoms with van der Waals surface area (Å²) in [5, 5.41) is 11.1. The fraction of sp³-hybridized carbons (Fsp3) is 0.111. The predicted molar refractivity (Wildman–Crippen MR) is 81.7 cm³/mol. The molecule has 0 radical (unpaired) electrons. The Bertz CT molecular complexity index is 924. The van der Waals surface area contributed by atoms with Crippen LogP contribution in [0.5, 0.6) is 0 Å². The number of hydrogen-bond donors (Lipinski definition) is 1. The number of aliphatic hydroxyl groups is 1. The van der Waals surface area contributed by atoms with Crippen LogP contribution >= 0.6 is 0 Å². The topological polar surface area (TPSA) is 25.2 Å². The summed E-state index contributed by atoms with van der Waals surface area (Å²) in [6, 6.07) is 17.2. The van der Waals surface area contributed by atoms with Gasteiger partial charge in [-0.05, 0) is 23.8 Å². The number of rotatable bonds is 1. The van der Waals surface area contributed by atoms with Gasteiger partial charge in [0.1, 0.15) is 0 Å². The molecular formula is C18H12F3NO. The highest BCUT2D eigenvalue weighted by molar-refractivity contribution is 5.92. The van der Waals surface area contributed by atoms with Gasteiger partial charge in [-0.3, -0.25) is 0 Å². The van der Waals surface area contributed by atoms with Crippen molar-refractivity contribution in [2.45, 2.75) is 11.9 Å². The molecule has 1 aliphatic heterocycles. The van der Waals surface area contributed by atoms with Gasteiger partial charge in [-0.2, -0.15) is 13.2 Å². The van der Waals surface area contributed by atoms with Gasteiger partial charge >= 0.3 is 6.18 Å². The van der Waals surface area contributed by atoms with Gasteiger partial charge in [0.05, 0.1) is 11.2 Å². The van der Waals surface area contributed by atoms with Gasteiger partial charge in [-0.15, -0.1) is 0 Å². The molecule has 0 spiro atoms. The first kappa shape index (κ1) is 14.1. The Hall–Kier alpha value is -2.53. The van der Waals surface area contributed by atoms with Crippen molar-refractivity contribution < 1.29 is 18.3 Å². The van der Waals surface area contributed by atoms with E-state index in [0.717, 1.165) is 10.6 Å². The van der Waals surface area contributed by atoms with E-state index in [9.17, 15) is 18.3 Å². The monoisotopic (exact) mass is 315 g/mol. The number of hydrogen-bond acceptors (Lipinski definition) is 1. The van der Waals surface area contributed by atoms with Gasteiger partial charge in [0.2, 0.25) is 0 Å². The zero-order valence-corrected chi connectivity index (χ0v) is 11.9. The van der Waals surface area contributed by atoms with E-state index in [1.807, 2.05) is 0 Å². The highest BCUT2D eigenvalue weighted by Crippen LogP contribution is 2.48. The second kappa shape index (κ2) is 4.49. The summed E-state index contributed by atoms with van der Waals surface area (Å²) in [6.45, 7) is 0. The minimum absolute atomic E-state index is 0.351. The molecule has 116 valence electrons. The van der Waals surface area contributed by atoms with E-state index in [1.54, 1.807) is 60.7 Å². The third-order valence-corrected chi connectivity index (χ3v) is 4.18. The lowest BCUT2D eigenvalue weighted by Crippen LogP contribution is -2.44. The smallest absolute Gasteiger partial charge is 0.360 e. The maximum absolute atomic E-state index is 13.6. The summed E-state index contributed by atoms with van der Waals surface area (Å²) in [7, 11) is 0. The summed E-state index contributed by atoms with van der Waals surface area (Å²) >= 11 is 0. The van der Waals surface area contributed by atoms with Gasteiger partial charge in [0, 0.05) is 11.0 Å². The summed E-state index contributed by atoms with van der Waals surface area (Å²) in [6.07, 6.45) is -3.93. The van der Waals surface area contributed by atoms with Crippen LogP contribution in [0.3, 0.4) is 0 Å². The number of para-hydroxylation sites is 1. The van der Waals surface area contributed by atoms with Crippen LogP contribution in [0.2, 0.25) is 0 Å². The van der Waals surface area contributed by atoms with E-state index < -0.39 is 11.9 Å². The molecule has 1 atom stereocenters. The van der Waals surface area contributed by atoms with E-state index in [2.05, 4.69) is 0 Å². The molecule has 2 aromatic carbocycles. The van der Waals surface area contributed by atoms with Gasteiger partial charge < -0.3 is 9.67 Å². The standard InChI is InChI=1S/C18H12F3NO/c19-18(20,21)17(23)11-14(12-6-2-1-3-7-12)16-10-13-8-4-5-9-15(13)22(16)17/h1-11,23H. The van der Waals surface area contributed by atoms with Gasteiger partial charge in [-0.25, -0.2) is 0 Å². The summed E-state index contributed by atoms with van der Waals surface area (Å²) < 4.78 is 41.8. The Morgan fingerprint density at radius 1 is 0.913 bits per heavy atom. The van der Waals surface area contributed by atoms with Crippen molar-refractivity contribution in [3.05, 3.63) is 78.0 Å². The van der Waals surface area contributed by atoms with Crippen molar-refractivity contribution in [3.63, 3.8) is 0 Å². The average Bonchev–Trinajstić information content (AvgIpc) is 3.04. The Morgan fingerprint density at radius 2 is 1.57 bits per heavy atom. The zero-order valence-electron chi connectivity index (χ0n) is 11.9. The van der Waals surface area contributed by atoms with Crippen molar-refractivity contribution in [1.82, 2.24) is 4.57 Å². The van der Waals surface area contributed by atoms with Crippen LogP contribution < -0.4 is 0 Å². The molecular weight excluding hydrogens is 303 g/mol. The lowest BCUT2D eigenvalue weighted by atomic mass is 10.0. The number of nitrogens with zero attached hydrogens (tertiary/aromatic N) is 1. The van der Waals surface area contributed by atoms with Crippen LogP contribution in [-0.4, -0.2) is 15.8 Å². The van der Waals surface area contributed by atoms with Crippen LogP contribution in [0.15, 0.2) is 66.7 Å². The molecule has 0 bridgehead atoms. The van der Waals surface area contributed by atoms with Crippen molar-refractivity contribution in [3.8, 4) is 0 Å². The molecule has 0 saturated carbocycles. The molecule has 0 saturated heterocycles. The molecule has 0 fully saturated rings. The molecule has 1 unspecified atom stereocenters. The highest BCUT2D eigenvalue weighted by Gasteiger charge is 2.58. The van der Waals surface area contributed by atoms with Crippen molar-refractivity contribution >= 4 is 16.5 Å². The van der Waals surface area contributed by atoms with Crippen molar-refractivity contribution in [2.24, 2.45) is 0 Å². The zero-order chi connectivity index (χ0) is 16.2. The highest BCUT2D eigenvalue weighted by atomic mass is 19.4.